The molecule has 0 radical (unpaired) electrons. The predicted octanol–water partition coefficient (Wildman–Crippen LogP) is 3.17. The van der Waals surface area contributed by atoms with Crippen LogP contribution in [0.2, 0.25) is 0 Å². The predicted molar refractivity (Wildman–Crippen MR) is 102 cm³/mol. The molecule has 138 valence electrons. The van der Waals surface area contributed by atoms with E-state index in [2.05, 4.69) is 12.1 Å². The van der Waals surface area contributed by atoms with Gasteiger partial charge in [-0.3, -0.25) is 4.79 Å². The molecule has 1 amide bonds. The van der Waals surface area contributed by atoms with Gasteiger partial charge in [-0.2, -0.15) is 0 Å². The van der Waals surface area contributed by atoms with Gasteiger partial charge < -0.3 is 15.1 Å². The molecule has 0 saturated carbocycles. The molecule has 1 heterocycles. The van der Waals surface area contributed by atoms with Gasteiger partial charge in [0.05, 0.1) is 12.5 Å². The van der Waals surface area contributed by atoms with E-state index in [4.69, 9.17) is 0 Å². The third kappa shape index (κ3) is 5.09. The number of nitrogens with zero attached hydrogens (tertiary/aromatic N) is 1. The molecule has 1 aliphatic heterocycles. The zero-order valence-corrected chi connectivity index (χ0v) is 15.1. The summed E-state index contributed by atoms with van der Waals surface area (Å²) in [6, 6.07) is 17.1. The molecule has 0 aliphatic carbocycles. The topological polar surface area (TPSA) is 60.8 Å². The molecule has 0 bridgehead atoms. The summed E-state index contributed by atoms with van der Waals surface area (Å²) in [5, 5.41) is 20.0. The molecule has 26 heavy (non-hydrogen) atoms. The van der Waals surface area contributed by atoms with Gasteiger partial charge in [-0.05, 0) is 54.9 Å². The van der Waals surface area contributed by atoms with Gasteiger partial charge in [0.1, 0.15) is 5.75 Å². The zero-order valence-electron chi connectivity index (χ0n) is 15.1. The number of carbonyl (C=O) groups is 1. The van der Waals surface area contributed by atoms with Crippen LogP contribution in [0.5, 0.6) is 5.75 Å². The van der Waals surface area contributed by atoms with Crippen LogP contribution in [0.25, 0.3) is 0 Å². The van der Waals surface area contributed by atoms with Crippen molar-refractivity contribution in [3.63, 3.8) is 0 Å². The van der Waals surface area contributed by atoms with E-state index >= 15 is 0 Å². The number of hydrogen-bond acceptors (Lipinski definition) is 3. The van der Waals surface area contributed by atoms with Crippen molar-refractivity contribution in [2.24, 2.45) is 5.92 Å². The number of aliphatic hydroxyl groups is 1. The Labute approximate surface area is 155 Å². The highest BCUT2D eigenvalue weighted by Crippen LogP contribution is 2.24. The molecule has 1 aliphatic rings. The van der Waals surface area contributed by atoms with Crippen molar-refractivity contribution in [3.8, 4) is 5.75 Å². The SMILES string of the molecule is O=C(Cc1cccc(O)c1)N1CCC([C@@H](O)CCc2ccccc2)CC1. The van der Waals surface area contributed by atoms with Crippen molar-refractivity contribution in [2.75, 3.05) is 13.1 Å². The molecule has 0 unspecified atom stereocenters. The average molecular weight is 353 g/mol. The van der Waals surface area contributed by atoms with Crippen LogP contribution in [0, 0.1) is 5.92 Å². The van der Waals surface area contributed by atoms with Crippen LogP contribution >= 0.6 is 0 Å². The van der Waals surface area contributed by atoms with E-state index in [1.165, 1.54) is 5.56 Å². The summed E-state index contributed by atoms with van der Waals surface area (Å²) in [5.74, 6) is 0.548. The number of aromatic hydroxyl groups is 1. The monoisotopic (exact) mass is 353 g/mol. The van der Waals surface area contributed by atoms with Crippen molar-refractivity contribution in [1.29, 1.82) is 0 Å². The summed E-state index contributed by atoms with van der Waals surface area (Å²) in [4.78, 5) is 14.3. The number of phenols is 1. The number of phenolic OH excluding ortho intramolecular Hbond substituents is 1. The molecular weight excluding hydrogens is 326 g/mol. The van der Waals surface area contributed by atoms with Crippen molar-refractivity contribution in [1.82, 2.24) is 4.90 Å². The van der Waals surface area contributed by atoms with Crippen LogP contribution in [-0.4, -0.2) is 40.2 Å². The number of likely N-dealkylation sites (tertiary alicyclic amines) is 1. The van der Waals surface area contributed by atoms with E-state index in [-0.39, 0.29) is 23.7 Å². The highest BCUT2D eigenvalue weighted by Gasteiger charge is 2.27. The molecular formula is C22H27NO3. The molecule has 1 saturated heterocycles. The Morgan fingerprint density at radius 1 is 1.04 bits per heavy atom. The second-order valence-electron chi connectivity index (χ2n) is 7.16. The fourth-order valence-electron chi connectivity index (χ4n) is 3.68. The van der Waals surface area contributed by atoms with Gasteiger partial charge in [-0.1, -0.05) is 42.5 Å². The Kier molecular flexibility index (Phi) is 6.29. The third-order valence-electron chi connectivity index (χ3n) is 5.27. The van der Waals surface area contributed by atoms with Crippen LogP contribution in [0.1, 0.15) is 30.4 Å². The number of hydrogen-bond donors (Lipinski definition) is 2. The number of amides is 1. The van der Waals surface area contributed by atoms with Crippen LogP contribution in [0.3, 0.4) is 0 Å². The van der Waals surface area contributed by atoms with E-state index < -0.39 is 0 Å². The van der Waals surface area contributed by atoms with E-state index in [9.17, 15) is 15.0 Å². The zero-order chi connectivity index (χ0) is 18.4. The second kappa shape index (κ2) is 8.86. The molecule has 3 rings (SSSR count). The fraction of sp³-hybridized carbons (Fsp3) is 0.409. The van der Waals surface area contributed by atoms with Crippen LogP contribution in [-0.2, 0) is 17.6 Å². The number of benzene rings is 2. The van der Waals surface area contributed by atoms with Crippen molar-refractivity contribution >= 4 is 5.91 Å². The molecule has 0 aromatic heterocycles. The summed E-state index contributed by atoms with van der Waals surface area (Å²) >= 11 is 0. The number of rotatable bonds is 6. The summed E-state index contributed by atoms with van der Waals surface area (Å²) in [7, 11) is 0. The summed E-state index contributed by atoms with van der Waals surface area (Å²) in [6.45, 7) is 1.40. The molecule has 2 aromatic carbocycles. The Morgan fingerprint density at radius 3 is 2.42 bits per heavy atom. The van der Waals surface area contributed by atoms with Crippen LogP contribution in [0.15, 0.2) is 54.6 Å². The molecule has 2 aromatic rings. The highest BCUT2D eigenvalue weighted by atomic mass is 16.3. The smallest absolute Gasteiger partial charge is 0.226 e. The van der Waals surface area contributed by atoms with Crippen LogP contribution < -0.4 is 0 Å². The van der Waals surface area contributed by atoms with Crippen molar-refractivity contribution < 1.29 is 15.0 Å². The lowest BCUT2D eigenvalue weighted by atomic mass is 9.88. The molecule has 1 fully saturated rings. The van der Waals surface area contributed by atoms with E-state index in [1.807, 2.05) is 29.2 Å². The summed E-state index contributed by atoms with van der Waals surface area (Å²) in [6.07, 6.45) is 3.36. The first-order valence-electron chi connectivity index (χ1n) is 9.39. The summed E-state index contributed by atoms with van der Waals surface area (Å²) < 4.78 is 0. The third-order valence-corrected chi connectivity index (χ3v) is 5.27. The maximum absolute atomic E-state index is 12.4. The largest absolute Gasteiger partial charge is 0.508 e. The number of piperidine rings is 1. The fourth-order valence-corrected chi connectivity index (χ4v) is 3.68. The summed E-state index contributed by atoms with van der Waals surface area (Å²) in [5.41, 5.74) is 2.09. The van der Waals surface area contributed by atoms with E-state index in [1.54, 1.807) is 18.2 Å². The van der Waals surface area contributed by atoms with Gasteiger partial charge in [0.2, 0.25) is 5.91 Å². The van der Waals surface area contributed by atoms with Gasteiger partial charge >= 0.3 is 0 Å². The molecule has 0 spiro atoms. The quantitative estimate of drug-likeness (QED) is 0.839. The first kappa shape index (κ1) is 18.5. The minimum atomic E-state index is -0.307. The average Bonchev–Trinajstić information content (AvgIpc) is 2.67. The maximum Gasteiger partial charge on any atom is 0.226 e. The lowest BCUT2D eigenvalue weighted by Crippen LogP contribution is -2.42. The molecule has 2 N–H and O–H groups in total. The van der Waals surface area contributed by atoms with E-state index in [0.29, 0.717) is 19.5 Å². The standard InChI is InChI=1S/C22H27NO3/c24-20-8-4-7-18(15-20)16-22(26)23-13-11-19(12-14-23)21(25)10-9-17-5-2-1-3-6-17/h1-8,15,19,21,24-25H,9-14,16H2/t21-/m0/s1. The van der Waals surface area contributed by atoms with Crippen LogP contribution in [0.4, 0.5) is 0 Å². The molecule has 4 nitrogen and oxygen atoms in total. The van der Waals surface area contributed by atoms with Gasteiger partial charge in [0, 0.05) is 13.1 Å². The maximum atomic E-state index is 12.4. The van der Waals surface area contributed by atoms with Gasteiger partial charge in [0.15, 0.2) is 0 Å². The number of carbonyl (C=O) groups excluding carboxylic acids is 1. The Morgan fingerprint density at radius 2 is 1.73 bits per heavy atom. The Bertz CT molecular complexity index is 708. The first-order chi connectivity index (χ1) is 12.6. The second-order valence-corrected chi connectivity index (χ2v) is 7.16. The lowest BCUT2D eigenvalue weighted by molar-refractivity contribution is -0.132. The lowest BCUT2D eigenvalue weighted by Gasteiger charge is -2.34. The van der Waals surface area contributed by atoms with Gasteiger partial charge in [-0.25, -0.2) is 0 Å². The Hall–Kier alpha value is -2.33. The van der Waals surface area contributed by atoms with Gasteiger partial charge in [0.25, 0.3) is 0 Å². The Balaban J connectivity index is 1.43. The molecule has 1 atom stereocenters. The highest BCUT2D eigenvalue weighted by molar-refractivity contribution is 5.79. The molecule has 4 heteroatoms. The normalized spacial score (nSPS) is 16.4. The number of aliphatic hydroxyl groups excluding tert-OH is 1. The van der Waals surface area contributed by atoms with Crippen molar-refractivity contribution in [3.05, 3.63) is 65.7 Å². The van der Waals surface area contributed by atoms with Crippen molar-refractivity contribution in [2.45, 2.75) is 38.2 Å². The minimum Gasteiger partial charge on any atom is -0.508 e. The first-order valence-corrected chi connectivity index (χ1v) is 9.39. The number of aryl methyl sites for hydroxylation is 1. The van der Waals surface area contributed by atoms with E-state index in [0.717, 1.165) is 31.2 Å². The van der Waals surface area contributed by atoms with Gasteiger partial charge in [-0.15, -0.1) is 0 Å². The minimum absolute atomic E-state index is 0.0906.